The minimum absolute atomic E-state index is 0.0344. The zero-order valence-corrected chi connectivity index (χ0v) is 17.7. The van der Waals surface area contributed by atoms with E-state index < -0.39 is 50.4 Å². The number of hydrogen-bond donors (Lipinski definition) is 0. The number of terminal acetylenes is 1. The summed E-state index contributed by atoms with van der Waals surface area (Å²) >= 11 is 0. The summed E-state index contributed by atoms with van der Waals surface area (Å²) in [6.45, 7) is 10.1. The van der Waals surface area contributed by atoms with E-state index in [1.807, 2.05) is 0 Å². The molecule has 0 N–H and O–H groups in total. The molecule has 0 unspecified atom stereocenters. The maximum atomic E-state index is 12.7. The van der Waals surface area contributed by atoms with Crippen LogP contribution >= 0.6 is 0 Å². The van der Waals surface area contributed by atoms with Crippen LogP contribution in [0.2, 0.25) is 25.7 Å². The van der Waals surface area contributed by atoms with Crippen molar-refractivity contribution in [3.63, 3.8) is 0 Å². The molecule has 0 aromatic rings. The van der Waals surface area contributed by atoms with Crippen molar-refractivity contribution in [1.29, 1.82) is 0 Å². The Balaban J connectivity index is 2.19. The first-order valence-corrected chi connectivity index (χ1v) is 12.8. The summed E-state index contributed by atoms with van der Waals surface area (Å²) in [5.41, 5.74) is -0.693. The van der Waals surface area contributed by atoms with Gasteiger partial charge in [-0.15, -0.1) is 6.42 Å². The Morgan fingerprint density at radius 2 is 1.96 bits per heavy atom. The van der Waals surface area contributed by atoms with E-state index in [1.165, 1.54) is 4.90 Å². The van der Waals surface area contributed by atoms with Crippen molar-refractivity contribution in [2.75, 3.05) is 19.6 Å². The lowest BCUT2D eigenvalue weighted by Gasteiger charge is -2.32. The van der Waals surface area contributed by atoms with Crippen molar-refractivity contribution in [2.45, 2.75) is 70.6 Å². The average molecular weight is 383 g/mol. The van der Waals surface area contributed by atoms with Crippen LogP contribution in [-0.4, -0.2) is 67.4 Å². The summed E-state index contributed by atoms with van der Waals surface area (Å²) in [4.78, 5) is 27.8. The number of fused-ring (bicyclic) bond motifs is 2. The molecule has 26 heavy (non-hydrogen) atoms. The van der Waals surface area contributed by atoms with E-state index in [1.54, 1.807) is 20.8 Å². The van der Waals surface area contributed by atoms with Crippen molar-refractivity contribution in [3.8, 4) is 12.3 Å². The third kappa shape index (κ3) is 5.16. The first kappa shape index (κ1) is 17.7. The van der Waals surface area contributed by atoms with E-state index in [2.05, 4.69) is 25.6 Å². The van der Waals surface area contributed by atoms with Crippen LogP contribution in [0.25, 0.3) is 0 Å². The second-order valence-corrected chi connectivity index (χ2v) is 14.8. The Hall–Kier alpha value is -1.68. The van der Waals surface area contributed by atoms with Gasteiger partial charge in [-0.05, 0) is 33.2 Å². The van der Waals surface area contributed by atoms with Crippen LogP contribution in [0.5, 0.6) is 0 Å². The standard InChI is InChI=1S/C19H32N2O4Si/c1-8-16-14-11-15(21(16)18(23)25-19(2,3)4)13-20(12-14)17(22)24-9-10-26(5,6)7/h1,14-16H,9-13H2,2-7H3/t14-,15+,16-/m0/s1/i12D2. The highest BCUT2D eigenvalue weighted by molar-refractivity contribution is 6.76. The van der Waals surface area contributed by atoms with Crippen LogP contribution in [0.3, 0.4) is 0 Å². The van der Waals surface area contributed by atoms with E-state index in [0.717, 1.165) is 10.9 Å². The summed E-state index contributed by atoms with van der Waals surface area (Å²) in [7, 11) is -1.37. The van der Waals surface area contributed by atoms with Gasteiger partial charge >= 0.3 is 12.2 Å². The third-order valence-electron chi connectivity index (χ3n) is 4.39. The van der Waals surface area contributed by atoms with Gasteiger partial charge < -0.3 is 14.4 Å². The molecule has 2 saturated heterocycles. The first-order valence-electron chi connectivity index (χ1n) is 10.1. The summed E-state index contributed by atoms with van der Waals surface area (Å²) in [6, 6.07) is -0.358. The number of rotatable bonds is 3. The molecule has 2 bridgehead atoms. The van der Waals surface area contributed by atoms with Crippen LogP contribution in [0.15, 0.2) is 0 Å². The summed E-state index contributed by atoms with van der Waals surface area (Å²) in [6.07, 6.45) is 4.77. The number of piperidine rings is 1. The van der Waals surface area contributed by atoms with Crippen molar-refractivity contribution in [3.05, 3.63) is 0 Å². The zero-order valence-electron chi connectivity index (χ0n) is 18.7. The number of ether oxygens (including phenoxy) is 2. The lowest BCUT2D eigenvalue weighted by molar-refractivity contribution is 0.0170. The topological polar surface area (TPSA) is 59.1 Å². The third-order valence-corrected chi connectivity index (χ3v) is 6.09. The summed E-state index contributed by atoms with van der Waals surface area (Å²) < 4.78 is 27.9. The van der Waals surface area contributed by atoms with Crippen molar-refractivity contribution < 1.29 is 21.8 Å². The molecule has 7 heteroatoms. The molecule has 2 aliphatic rings. The van der Waals surface area contributed by atoms with Gasteiger partial charge in [0.05, 0.1) is 12.6 Å². The second-order valence-electron chi connectivity index (χ2n) is 9.16. The van der Waals surface area contributed by atoms with E-state index in [-0.39, 0.29) is 13.2 Å². The molecular formula is C19H32N2O4Si. The van der Waals surface area contributed by atoms with Gasteiger partial charge in [0.25, 0.3) is 0 Å². The van der Waals surface area contributed by atoms with Gasteiger partial charge in [-0.25, -0.2) is 9.59 Å². The van der Waals surface area contributed by atoms with Crippen LogP contribution in [-0.2, 0) is 9.47 Å². The molecule has 3 atom stereocenters. The minimum Gasteiger partial charge on any atom is -0.450 e. The lowest BCUT2D eigenvalue weighted by Crippen LogP contribution is -2.48. The van der Waals surface area contributed by atoms with Crippen LogP contribution in [0, 0.1) is 18.3 Å². The molecule has 2 fully saturated rings. The fourth-order valence-electron chi connectivity index (χ4n) is 3.13. The molecule has 0 spiro atoms. The monoisotopic (exact) mass is 382 g/mol. The fourth-order valence-corrected chi connectivity index (χ4v) is 3.84. The van der Waals surface area contributed by atoms with E-state index in [4.69, 9.17) is 18.6 Å². The molecule has 0 aromatic carbocycles. The number of nitrogens with zero attached hydrogens (tertiary/aromatic N) is 2. The fraction of sp³-hybridized carbons (Fsp3) is 0.789. The molecular weight excluding hydrogens is 348 g/mol. The first-order chi connectivity index (χ1) is 12.7. The molecule has 0 aliphatic carbocycles. The highest BCUT2D eigenvalue weighted by Gasteiger charge is 2.49. The molecule has 0 aromatic heterocycles. The zero-order chi connectivity index (χ0) is 21.5. The van der Waals surface area contributed by atoms with E-state index in [9.17, 15) is 9.59 Å². The van der Waals surface area contributed by atoms with Crippen LogP contribution in [0.4, 0.5) is 9.59 Å². The van der Waals surface area contributed by atoms with Gasteiger partial charge in [0, 0.05) is 29.8 Å². The predicted octanol–water partition coefficient (Wildman–Crippen LogP) is 3.40. The molecule has 6 nitrogen and oxygen atoms in total. The Labute approximate surface area is 161 Å². The maximum Gasteiger partial charge on any atom is 0.411 e. The highest BCUT2D eigenvalue weighted by Crippen LogP contribution is 2.36. The predicted molar refractivity (Wildman–Crippen MR) is 104 cm³/mol. The Kier molecular flexibility index (Phi) is 5.12. The minimum atomic E-state index is -2.00. The average Bonchev–Trinajstić information content (AvgIpc) is 2.84. The summed E-state index contributed by atoms with van der Waals surface area (Å²) in [5, 5.41) is 0. The lowest BCUT2D eigenvalue weighted by atomic mass is 9.95. The van der Waals surface area contributed by atoms with Crippen LogP contribution in [0.1, 0.15) is 29.9 Å². The normalized spacial score (nSPS) is 28.7. The Bertz CT molecular complexity index is 666. The molecule has 146 valence electrons. The maximum absolute atomic E-state index is 12.7. The molecule has 0 saturated carbocycles. The van der Waals surface area contributed by atoms with Crippen molar-refractivity contribution in [1.82, 2.24) is 9.80 Å². The highest BCUT2D eigenvalue weighted by atomic mass is 28.3. The van der Waals surface area contributed by atoms with Gasteiger partial charge in [0.15, 0.2) is 0 Å². The van der Waals surface area contributed by atoms with Crippen molar-refractivity contribution >= 4 is 20.3 Å². The number of hydrogen-bond acceptors (Lipinski definition) is 4. The van der Waals surface area contributed by atoms with Gasteiger partial charge in [-0.2, -0.15) is 0 Å². The van der Waals surface area contributed by atoms with E-state index in [0.29, 0.717) is 6.42 Å². The second kappa shape index (κ2) is 7.51. The van der Waals surface area contributed by atoms with Gasteiger partial charge in [0.2, 0.25) is 0 Å². The largest absolute Gasteiger partial charge is 0.450 e. The van der Waals surface area contributed by atoms with Gasteiger partial charge in [0.1, 0.15) is 11.6 Å². The molecule has 2 aliphatic heterocycles. The number of carbonyl (C=O) groups excluding carboxylic acids is 2. The number of amides is 2. The molecule has 2 heterocycles. The SMILES string of the molecule is [2H]C1([2H])[C@@H]2C[C@H](CN1C(=O)OCC[Si](C)(C)C)N(C(=O)OC(C)(C)C)[C@H]2C#C. The van der Waals surface area contributed by atoms with Crippen LogP contribution < -0.4 is 0 Å². The molecule has 2 amide bonds. The van der Waals surface area contributed by atoms with Crippen molar-refractivity contribution in [2.24, 2.45) is 5.92 Å². The quantitative estimate of drug-likeness (QED) is 0.554. The van der Waals surface area contributed by atoms with Gasteiger partial charge in [-0.3, -0.25) is 4.90 Å². The Morgan fingerprint density at radius 3 is 2.50 bits per heavy atom. The smallest absolute Gasteiger partial charge is 0.411 e. The number of likely N-dealkylation sites (tertiary alicyclic amines) is 2. The van der Waals surface area contributed by atoms with Gasteiger partial charge in [-0.1, -0.05) is 25.6 Å². The summed E-state index contributed by atoms with van der Waals surface area (Å²) in [5.74, 6) is 1.86. The molecule has 2 rings (SSSR count). The Morgan fingerprint density at radius 1 is 1.31 bits per heavy atom. The number of carbonyl (C=O) groups is 2. The molecule has 0 radical (unpaired) electrons. The van der Waals surface area contributed by atoms with E-state index >= 15 is 0 Å².